The molecule has 2 aromatic rings. The number of carbonyl (C=O) groups is 2. The molecule has 7 heteroatoms. The van der Waals surface area contributed by atoms with Crippen LogP contribution in [0.5, 0.6) is 0 Å². The standard InChI is InChI=1S/C19H22N4O3/c24-17-9-13(10-21-17)15-6-3-4-8-22(15)19(26)12-23-16-7-2-1-5-14(16)20-11-18(23)25/h1-2,5,7,11,13,15H,3-4,6,8-10,12H2,(H,21,24). The van der Waals surface area contributed by atoms with E-state index in [1.54, 1.807) is 0 Å². The molecule has 2 aliphatic heterocycles. The van der Waals surface area contributed by atoms with E-state index in [9.17, 15) is 14.4 Å². The van der Waals surface area contributed by atoms with Crippen LogP contribution >= 0.6 is 0 Å². The molecule has 7 nitrogen and oxygen atoms in total. The van der Waals surface area contributed by atoms with E-state index in [2.05, 4.69) is 10.3 Å². The number of rotatable bonds is 3. The maximum absolute atomic E-state index is 13.1. The summed E-state index contributed by atoms with van der Waals surface area (Å²) < 4.78 is 1.49. The van der Waals surface area contributed by atoms with Gasteiger partial charge in [0.2, 0.25) is 11.8 Å². The van der Waals surface area contributed by atoms with Crippen LogP contribution in [0.15, 0.2) is 35.3 Å². The number of amides is 2. The summed E-state index contributed by atoms with van der Waals surface area (Å²) in [5.41, 5.74) is 1.09. The number of nitrogens with one attached hydrogen (secondary N) is 1. The molecule has 1 aromatic heterocycles. The molecular formula is C19H22N4O3. The van der Waals surface area contributed by atoms with Crippen molar-refractivity contribution in [2.75, 3.05) is 13.1 Å². The third-order valence-corrected chi connectivity index (χ3v) is 5.47. The third-order valence-electron chi connectivity index (χ3n) is 5.47. The normalized spacial score (nSPS) is 23.2. The van der Waals surface area contributed by atoms with Gasteiger partial charge < -0.3 is 10.2 Å². The number of carbonyl (C=O) groups excluding carboxylic acids is 2. The Morgan fingerprint density at radius 1 is 1.23 bits per heavy atom. The maximum atomic E-state index is 13.1. The number of aromatic nitrogens is 2. The van der Waals surface area contributed by atoms with E-state index >= 15 is 0 Å². The van der Waals surface area contributed by atoms with Gasteiger partial charge in [0.1, 0.15) is 6.54 Å². The van der Waals surface area contributed by atoms with Crippen molar-refractivity contribution in [1.29, 1.82) is 0 Å². The Kier molecular flexibility index (Phi) is 4.44. The molecular weight excluding hydrogens is 332 g/mol. The van der Waals surface area contributed by atoms with Crippen molar-refractivity contribution in [3.05, 3.63) is 40.8 Å². The first-order valence-electron chi connectivity index (χ1n) is 9.14. The zero-order chi connectivity index (χ0) is 18.1. The smallest absolute Gasteiger partial charge is 0.269 e. The molecule has 4 rings (SSSR count). The van der Waals surface area contributed by atoms with Crippen molar-refractivity contribution in [3.63, 3.8) is 0 Å². The summed E-state index contributed by atoms with van der Waals surface area (Å²) in [6, 6.07) is 7.40. The van der Waals surface area contributed by atoms with Crippen LogP contribution in [-0.2, 0) is 16.1 Å². The Hall–Kier alpha value is -2.70. The molecule has 3 heterocycles. The Morgan fingerprint density at radius 2 is 2.08 bits per heavy atom. The predicted octanol–water partition coefficient (Wildman–Crippen LogP) is 0.914. The van der Waals surface area contributed by atoms with Crippen LogP contribution in [0.3, 0.4) is 0 Å². The van der Waals surface area contributed by atoms with E-state index < -0.39 is 0 Å². The molecule has 1 aromatic carbocycles. The Morgan fingerprint density at radius 3 is 2.88 bits per heavy atom. The maximum Gasteiger partial charge on any atom is 0.269 e. The summed E-state index contributed by atoms with van der Waals surface area (Å²) in [5.74, 6) is 0.162. The van der Waals surface area contributed by atoms with Gasteiger partial charge in [-0.05, 0) is 31.4 Å². The van der Waals surface area contributed by atoms with Crippen molar-refractivity contribution in [1.82, 2.24) is 19.8 Å². The summed E-state index contributed by atoms with van der Waals surface area (Å²) in [5, 5.41) is 2.87. The van der Waals surface area contributed by atoms with Gasteiger partial charge >= 0.3 is 0 Å². The first-order valence-corrected chi connectivity index (χ1v) is 9.14. The van der Waals surface area contributed by atoms with Gasteiger partial charge in [-0.25, -0.2) is 4.98 Å². The molecule has 0 radical (unpaired) electrons. The largest absolute Gasteiger partial charge is 0.356 e. The monoisotopic (exact) mass is 354 g/mol. The molecule has 2 atom stereocenters. The molecule has 2 saturated heterocycles. The average Bonchev–Trinajstić information content (AvgIpc) is 3.10. The van der Waals surface area contributed by atoms with Gasteiger partial charge in [0.05, 0.1) is 17.2 Å². The van der Waals surface area contributed by atoms with Gasteiger partial charge in [-0.3, -0.25) is 19.0 Å². The first-order chi connectivity index (χ1) is 12.6. The lowest BCUT2D eigenvalue weighted by Gasteiger charge is -2.39. The number of piperidine rings is 1. The Bertz CT molecular complexity index is 907. The molecule has 0 spiro atoms. The first kappa shape index (κ1) is 16.8. The number of hydrogen-bond acceptors (Lipinski definition) is 4. The highest BCUT2D eigenvalue weighted by molar-refractivity contribution is 5.81. The summed E-state index contributed by atoms with van der Waals surface area (Å²) in [4.78, 5) is 43.0. The summed E-state index contributed by atoms with van der Waals surface area (Å²) >= 11 is 0. The fourth-order valence-electron chi connectivity index (χ4n) is 4.16. The Balaban J connectivity index is 1.60. The lowest BCUT2D eigenvalue weighted by Crippen LogP contribution is -2.49. The van der Waals surface area contributed by atoms with Crippen LogP contribution < -0.4 is 10.9 Å². The SMILES string of the molecule is O=C1CC(C2CCCCN2C(=O)Cn2c(=O)cnc3ccccc32)CN1. The lowest BCUT2D eigenvalue weighted by molar-refractivity contribution is -0.137. The van der Waals surface area contributed by atoms with Crippen LogP contribution in [-0.4, -0.2) is 45.4 Å². The summed E-state index contributed by atoms with van der Waals surface area (Å²) in [6.07, 6.45) is 4.69. The van der Waals surface area contributed by atoms with E-state index in [-0.39, 0.29) is 35.9 Å². The molecule has 2 aliphatic rings. The highest BCUT2D eigenvalue weighted by Crippen LogP contribution is 2.27. The zero-order valence-corrected chi connectivity index (χ0v) is 14.6. The van der Waals surface area contributed by atoms with Gasteiger partial charge in [0, 0.05) is 31.5 Å². The van der Waals surface area contributed by atoms with Gasteiger partial charge in [-0.2, -0.15) is 0 Å². The molecule has 26 heavy (non-hydrogen) atoms. The van der Waals surface area contributed by atoms with Crippen molar-refractivity contribution < 1.29 is 9.59 Å². The minimum atomic E-state index is -0.275. The summed E-state index contributed by atoms with van der Waals surface area (Å²) in [7, 11) is 0. The van der Waals surface area contributed by atoms with Crippen LogP contribution in [0.1, 0.15) is 25.7 Å². The third kappa shape index (κ3) is 3.09. The molecule has 0 aliphatic carbocycles. The highest BCUT2D eigenvalue weighted by atomic mass is 16.2. The minimum absolute atomic E-state index is 0.00641. The zero-order valence-electron chi connectivity index (χ0n) is 14.6. The van der Waals surface area contributed by atoms with Crippen LogP contribution in [0.2, 0.25) is 0 Å². The fraction of sp³-hybridized carbons (Fsp3) is 0.474. The lowest BCUT2D eigenvalue weighted by atomic mass is 9.89. The molecule has 2 amide bonds. The number of fused-ring (bicyclic) bond motifs is 1. The second-order valence-corrected chi connectivity index (χ2v) is 7.09. The second-order valence-electron chi connectivity index (χ2n) is 7.09. The van der Waals surface area contributed by atoms with Crippen molar-refractivity contribution in [3.8, 4) is 0 Å². The van der Waals surface area contributed by atoms with E-state index in [1.165, 1.54) is 10.8 Å². The van der Waals surface area contributed by atoms with Crippen LogP contribution in [0, 0.1) is 5.92 Å². The van der Waals surface area contributed by atoms with Crippen LogP contribution in [0.4, 0.5) is 0 Å². The fourth-order valence-corrected chi connectivity index (χ4v) is 4.16. The number of para-hydroxylation sites is 2. The van der Waals surface area contributed by atoms with Crippen molar-refractivity contribution in [2.45, 2.75) is 38.3 Å². The second kappa shape index (κ2) is 6.90. The molecule has 0 bridgehead atoms. The van der Waals surface area contributed by atoms with Crippen molar-refractivity contribution >= 4 is 22.8 Å². The Labute approximate surface area is 151 Å². The van der Waals surface area contributed by atoms with E-state index in [0.717, 1.165) is 19.3 Å². The molecule has 136 valence electrons. The number of benzene rings is 1. The van der Waals surface area contributed by atoms with Crippen molar-refractivity contribution in [2.24, 2.45) is 5.92 Å². The van der Waals surface area contributed by atoms with Gasteiger partial charge in [0.15, 0.2) is 0 Å². The van der Waals surface area contributed by atoms with Crippen LogP contribution in [0.25, 0.3) is 11.0 Å². The highest BCUT2D eigenvalue weighted by Gasteiger charge is 2.36. The average molecular weight is 354 g/mol. The van der Waals surface area contributed by atoms with Gasteiger partial charge in [0.25, 0.3) is 5.56 Å². The van der Waals surface area contributed by atoms with E-state index in [1.807, 2.05) is 29.2 Å². The van der Waals surface area contributed by atoms with E-state index in [4.69, 9.17) is 0 Å². The number of nitrogens with zero attached hydrogens (tertiary/aromatic N) is 3. The summed E-state index contributed by atoms with van der Waals surface area (Å²) in [6.45, 7) is 1.32. The minimum Gasteiger partial charge on any atom is -0.356 e. The quantitative estimate of drug-likeness (QED) is 0.888. The number of hydrogen-bond donors (Lipinski definition) is 1. The van der Waals surface area contributed by atoms with Gasteiger partial charge in [-0.15, -0.1) is 0 Å². The molecule has 0 saturated carbocycles. The van der Waals surface area contributed by atoms with Gasteiger partial charge in [-0.1, -0.05) is 12.1 Å². The molecule has 2 fully saturated rings. The predicted molar refractivity (Wildman–Crippen MR) is 96.5 cm³/mol. The van der Waals surface area contributed by atoms with E-state index in [0.29, 0.717) is 30.5 Å². The molecule has 1 N–H and O–H groups in total. The molecule has 2 unspecified atom stereocenters. The number of likely N-dealkylation sites (tertiary alicyclic amines) is 1. The topological polar surface area (TPSA) is 84.3 Å².